The zero-order valence-electron chi connectivity index (χ0n) is 14.3. The molecule has 0 saturated heterocycles. The average Bonchev–Trinajstić information content (AvgIpc) is 2.60. The molecule has 2 N–H and O–H groups in total. The van der Waals surface area contributed by atoms with E-state index < -0.39 is 31.4 Å². The number of rotatable bonds is 4. The molecule has 10 nitrogen and oxygen atoms in total. The summed E-state index contributed by atoms with van der Waals surface area (Å²) in [4.78, 5) is 9.53. The summed E-state index contributed by atoms with van der Waals surface area (Å²) in [7, 11) is -4.73. The minimum atomic E-state index is -4.73. The van der Waals surface area contributed by atoms with Gasteiger partial charge in [-0.15, -0.1) is 5.11 Å². The Kier molecular flexibility index (Phi) is 6.37. The number of nitrogens with zero attached hydrogens (tertiary/aromatic N) is 3. The van der Waals surface area contributed by atoms with Gasteiger partial charge >= 0.3 is 29.6 Å². The van der Waals surface area contributed by atoms with Crippen LogP contribution in [0.25, 0.3) is 10.8 Å². The minimum Gasteiger partial charge on any atom is -0.744 e. The first-order chi connectivity index (χ1) is 12.7. The second kappa shape index (κ2) is 8.20. The van der Waals surface area contributed by atoms with E-state index >= 15 is 0 Å². The first-order valence-corrected chi connectivity index (χ1v) is 8.68. The van der Waals surface area contributed by atoms with E-state index in [1.807, 2.05) is 0 Å². The molecule has 0 aromatic heterocycles. The van der Waals surface area contributed by atoms with Crippen LogP contribution in [0.2, 0.25) is 0 Å². The second-order valence-corrected chi connectivity index (χ2v) is 6.78. The fraction of sp³-hybridized carbons (Fsp3) is 0. The average molecular weight is 411 g/mol. The van der Waals surface area contributed by atoms with E-state index in [9.17, 15) is 33.3 Å². The van der Waals surface area contributed by atoms with E-state index in [2.05, 4.69) is 10.2 Å². The van der Waals surface area contributed by atoms with Gasteiger partial charge in [-0.25, -0.2) is 8.42 Å². The molecule has 0 atom stereocenters. The van der Waals surface area contributed by atoms with Gasteiger partial charge in [-0.2, -0.15) is 5.11 Å². The maximum Gasteiger partial charge on any atom is 1.00 e. The Hall–Kier alpha value is -2.57. The quantitative estimate of drug-likeness (QED) is 0.207. The first kappa shape index (κ1) is 21.7. The van der Waals surface area contributed by atoms with Gasteiger partial charge in [0.15, 0.2) is 0 Å². The molecule has 138 valence electrons. The van der Waals surface area contributed by atoms with Crippen molar-refractivity contribution in [2.24, 2.45) is 10.2 Å². The van der Waals surface area contributed by atoms with Crippen LogP contribution in [0.4, 0.5) is 17.1 Å². The molecule has 28 heavy (non-hydrogen) atoms. The van der Waals surface area contributed by atoms with Crippen LogP contribution in [0, 0.1) is 10.1 Å². The molecule has 0 fully saturated rings. The Morgan fingerprint density at radius 3 is 2.11 bits per heavy atom. The van der Waals surface area contributed by atoms with Gasteiger partial charge in [-0.05, 0) is 24.3 Å². The fourth-order valence-corrected chi connectivity index (χ4v) is 2.86. The maximum absolute atomic E-state index is 11.1. The number of hydrogen-bond donors (Lipinski definition) is 2. The van der Waals surface area contributed by atoms with Gasteiger partial charge in [0, 0.05) is 29.0 Å². The molecule has 0 spiro atoms. The van der Waals surface area contributed by atoms with E-state index in [1.165, 1.54) is 30.3 Å². The summed E-state index contributed by atoms with van der Waals surface area (Å²) in [6.07, 6.45) is 0. The van der Waals surface area contributed by atoms with Crippen molar-refractivity contribution in [1.82, 2.24) is 0 Å². The van der Waals surface area contributed by atoms with Crippen LogP contribution >= 0.6 is 0 Å². The SMILES string of the molecule is O=[N+]([O-])c1ccc(N=Nc2c(O)cc(O)c3cc(S(=O)(=O)[O-])ccc23)cc1.[Na+]. The number of nitro groups is 1. The molecule has 0 saturated carbocycles. The molecule has 0 heterocycles. The number of aromatic hydroxyl groups is 2. The summed E-state index contributed by atoms with van der Waals surface area (Å²) in [5, 5.41) is 38.5. The normalized spacial score (nSPS) is 11.5. The minimum absolute atomic E-state index is 0. The van der Waals surface area contributed by atoms with E-state index in [1.54, 1.807) is 0 Å². The van der Waals surface area contributed by atoms with Gasteiger partial charge in [0.05, 0.1) is 15.5 Å². The van der Waals surface area contributed by atoms with Gasteiger partial charge in [-0.1, -0.05) is 6.07 Å². The molecule has 0 aliphatic heterocycles. The molecule has 0 aliphatic rings. The number of non-ortho nitro benzene ring substituents is 1. The largest absolute Gasteiger partial charge is 1.00 e. The Morgan fingerprint density at radius 1 is 0.893 bits per heavy atom. The van der Waals surface area contributed by atoms with Crippen molar-refractivity contribution in [3.8, 4) is 11.5 Å². The van der Waals surface area contributed by atoms with Gasteiger partial charge in [-0.3, -0.25) is 10.1 Å². The van der Waals surface area contributed by atoms with Crippen LogP contribution in [0.5, 0.6) is 11.5 Å². The van der Waals surface area contributed by atoms with Crippen molar-refractivity contribution in [3.05, 3.63) is 58.6 Å². The third kappa shape index (κ3) is 4.46. The van der Waals surface area contributed by atoms with Crippen LogP contribution in [0.1, 0.15) is 0 Å². The monoisotopic (exact) mass is 411 g/mol. The van der Waals surface area contributed by atoms with Gasteiger partial charge in [0.1, 0.15) is 27.3 Å². The molecule has 0 amide bonds. The van der Waals surface area contributed by atoms with Crippen molar-refractivity contribution >= 4 is 38.0 Å². The molecule has 12 heteroatoms. The van der Waals surface area contributed by atoms with Gasteiger partial charge in [0.25, 0.3) is 5.69 Å². The maximum atomic E-state index is 11.1. The summed E-state index contributed by atoms with van der Waals surface area (Å²) in [6, 6.07) is 9.30. The Bertz CT molecular complexity index is 1200. The Labute approximate surface area is 180 Å². The number of azo groups is 1. The molecule has 3 aromatic rings. The van der Waals surface area contributed by atoms with Crippen molar-refractivity contribution in [1.29, 1.82) is 0 Å². The number of benzene rings is 3. The van der Waals surface area contributed by atoms with Crippen LogP contribution in [-0.4, -0.2) is 28.1 Å². The molecule has 3 rings (SSSR count). The third-order valence-corrected chi connectivity index (χ3v) is 4.48. The summed E-state index contributed by atoms with van der Waals surface area (Å²) >= 11 is 0. The number of phenols is 2. The van der Waals surface area contributed by atoms with Crippen LogP contribution in [-0.2, 0) is 10.1 Å². The third-order valence-electron chi connectivity index (χ3n) is 3.65. The number of hydrogen-bond acceptors (Lipinski definition) is 9. The van der Waals surface area contributed by atoms with Gasteiger partial charge in [0.2, 0.25) is 0 Å². The van der Waals surface area contributed by atoms with Crippen molar-refractivity contribution in [2.45, 2.75) is 4.90 Å². The number of phenolic OH excluding ortho intramolecular Hbond substituents is 2. The number of fused-ring (bicyclic) bond motifs is 1. The zero-order valence-corrected chi connectivity index (χ0v) is 17.1. The molecular formula is C16H10N3NaO7S. The fourth-order valence-electron chi connectivity index (χ4n) is 2.36. The molecule has 0 aliphatic carbocycles. The molecule has 3 aromatic carbocycles. The summed E-state index contributed by atoms with van der Waals surface area (Å²) < 4.78 is 33.4. The van der Waals surface area contributed by atoms with E-state index in [-0.39, 0.29) is 57.4 Å². The smallest absolute Gasteiger partial charge is 0.744 e. The predicted octanol–water partition coefficient (Wildman–Crippen LogP) is 0.483. The molecule has 0 unspecified atom stereocenters. The van der Waals surface area contributed by atoms with E-state index in [4.69, 9.17) is 0 Å². The first-order valence-electron chi connectivity index (χ1n) is 7.27. The summed E-state index contributed by atoms with van der Waals surface area (Å²) in [6.45, 7) is 0. The van der Waals surface area contributed by atoms with Crippen molar-refractivity contribution in [3.63, 3.8) is 0 Å². The van der Waals surface area contributed by atoms with E-state index in [0.29, 0.717) is 0 Å². The van der Waals surface area contributed by atoms with Crippen LogP contribution in [0.3, 0.4) is 0 Å². The predicted molar refractivity (Wildman–Crippen MR) is 92.5 cm³/mol. The van der Waals surface area contributed by atoms with Crippen LogP contribution in [0.15, 0.2) is 63.7 Å². The van der Waals surface area contributed by atoms with E-state index in [0.717, 1.165) is 18.2 Å². The topological polar surface area (TPSA) is 166 Å². The van der Waals surface area contributed by atoms with Crippen molar-refractivity contribution in [2.75, 3.05) is 0 Å². The summed E-state index contributed by atoms with van der Waals surface area (Å²) in [5.74, 6) is -0.870. The standard InChI is InChI=1S/C16H11N3O7S.Na/c20-14-8-15(21)16(12-6-5-11(7-13(12)14)27(24,25)26)18-17-9-1-3-10(4-2-9)19(22)23;/h1-8,20-21H,(H,24,25,26);/q;+1/p-1. The van der Waals surface area contributed by atoms with Gasteiger partial charge < -0.3 is 14.8 Å². The Balaban J connectivity index is 0.00000280. The molecule has 0 bridgehead atoms. The Morgan fingerprint density at radius 2 is 1.54 bits per heavy atom. The number of nitro benzene ring substituents is 1. The van der Waals surface area contributed by atoms with Crippen LogP contribution < -0.4 is 29.6 Å². The second-order valence-electron chi connectivity index (χ2n) is 5.40. The van der Waals surface area contributed by atoms with Crippen molar-refractivity contribution < 1.29 is 57.7 Å². The summed E-state index contributed by atoms with van der Waals surface area (Å²) in [5.41, 5.74) is 0.0641. The zero-order chi connectivity index (χ0) is 19.8. The molecule has 0 radical (unpaired) electrons. The molecular weight excluding hydrogens is 401 g/mol.